The second-order valence-corrected chi connectivity index (χ2v) is 5.94. The number of nitrogens with one attached hydrogen (secondary N) is 3. The van der Waals surface area contributed by atoms with Crippen LogP contribution in [0.3, 0.4) is 0 Å². The van der Waals surface area contributed by atoms with Crippen LogP contribution in [0.25, 0.3) is 0 Å². The quantitative estimate of drug-likeness (QED) is 0.410. The Balaban J connectivity index is 1.57. The Morgan fingerprint density at radius 2 is 1.93 bits per heavy atom. The van der Waals surface area contributed by atoms with Gasteiger partial charge in [-0.3, -0.25) is 14.7 Å². The Bertz CT molecular complexity index is 1010. The van der Waals surface area contributed by atoms with Gasteiger partial charge >= 0.3 is 0 Å². The summed E-state index contributed by atoms with van der Waals surface area (Å²) in [6.45, 7) is 0.432. The molecule has 3 rings (SSSR count). The van der Waals surface area contributed by atoms with E-state index in [1.54, 1.807) is 19.2 Å². The first-order chi connectivity index (χ1) is 13.6. The van der Waals surface area contributed by atoms with Crippen LogP contribution >= 0.6 is 0 Å². The molecule has 3 N–H and O–H groups in total. The number of carbonyl (C=O) groups is 1. The van der Waals surface area contributed by atoms with E-state index in [4.69, 9.17) is 9.47 Å². The van der Waals surface area contributed by atoms with Crippen LogP contribution in [0.15, 0.2) is 64.5 Å². The summed E-state index contributed by atoms with van der Waals surface area (Å²) in [4.78, 5) is 22.8. The summed E-state index contributed by atoms with van der Waals surface area (Å²) in [5, 5.41) is 8.90. The van der Waals surface area contributed by atoms with Crippen LogP contribution in [-0.2, 0) is 17.8 Å². The third-order valence-corrected chi connectivity index (χ3v) is 3.83. The van der Waals surface area contributed by atoms with Crippen molar-refractivity contribution in [1.29, 1.82) is 0 Å². The summed E-state index contributed by atoms with van der Waals surface area (Å²) in [7, 11) is 1.56. The molecule has 1 amide bonds. The van der Waals surface area contributed by atoms with E-state index >= 15 is 0 Å². The highest BCUT2D eigenvalue weighted by Gasteiger charge is 2.06. The molecule has 3 aromatic rings. The van der Waals surface area contributed by atoms with E-state index in [2.05, 4.69) is 20.7 Å². The molecule has 0 saturated heterocycles. The van der Waals surface area contributed by atoms with Crippen molar-refractivity contribution < 1.29 is 14.3 Å². The van der Waals surface area contributed by atoms with E-state index in [1.807, 2.05) is 36.4 Å². The largest absolute Gasteiger partial charge is 0.493 e. The number of benzene rings is 2. The molecule has 1 aromatic heterocycles. The van der Waals surface area contributed by atoms with E-state index in [0.717, 1.165) is 11.1 Å². The first kappa shape index (κ1) is 19.0. The van der Waals surface area contributed by atoms with Crippen LogP contribution in [0.2, 0.25) is 0 Å². The molecular formula is C20H20N4O4. The van der Waals surface area contributed by atoms with Gasteiger partial charge in [-0.05, 0) is 29.3 Å². The minimum atomic E-state index is -0.346. The van der Waals surface area contributed by atoms with Crippen LogP contribution in [0.1, 0.15) is 16.8 Å². The van der Waals surface area contributed by atoms with E-state index in [1.165, 1.54) is 12.3 Å². The minimum absolute atomic E-state index is 0.0195. The maximum absolute atomic E-state index is 11.8. The fraction of sp³-hybridized carbons (Fsp3) is 0.150. The average Bonchev–Trinajstić information content (AvgIpc) is 3.12. The first-order valence-corrected chi connectivity index (χ1v) is 8.57. The molecule has 0 spiro atoms. The molecule has 0 aliphatic heterocycles. The van der Waals surface area contributed by atoms with Crippen molar-refractivity contribution in [2.75, 3.05) is 7.11 Å². The second-order valence-electron chi connectivity index (χ2n) is 5.94. The molecule has 0 radical (unpaired) electrons. The molecule has 0 bridgehead atoms. The number of H-pyrrole nitrogens is 2. The van der Waals surface area contributed by atoms with Crippen LogP contribution in [0, 0.1) is 0 Å². The minimum Gasteiger partial charge on any atom is -0.493 e. The molecule has 28 heavy (non-hydrogen) atoms. The van der Waals surface area contributed by atoms with Gasteiger partial charge < -0.3 is 14.6 Å². The predicted molar refractivity (Wildman–Crippen MR) is 105 cm³/mol. The zero-order valence-corrected chi connectivity index (χ0v) is 15.3. The molecule has 0 unspecified atom stereocenters. The molecule has 0 fully saturated rings. The van der Waals surface area contributed by atoms with Crippen molar-refractivity contribution in [3.63, 3.8) is 0 Å². The van der Waals surface area contributed by atoms with E-state index in [0.29, 0.717) is 23.8 Å². The highest BCUT2D eigenvalue weighted by molar-refractivity contribution is 5.83. The van der Waals surface area contributed by atoms with Gasteiger partial charge in [0.15, 0.2) is 11.5 Å². The lowest BCUT2D eigenvalue weighted by atomic mass is 10.2. The maximum Gasteiger partial charge on any atom is 0.264 e. The van der Waals surface area contributed by atoms with Crippen LogP contribution in [-0.4, -0.2) is 29.4 Å². The number of nitrogens with zero attached hydrogens (tertiary/aromatic N) is 1. The number of aromatic amines is 2. The van der Waals surface area contributed by atoms with Crippen molar-refractivity contribution in [3.05, 3.63) is 81.8 Å². The summed E-state index contributed by atoms with van der Waals surface area (Å²) in [5.74, 6) is 0.835. The lowest BCUT2D eigenvalue weighted by molar-refractivity contribution is -0.120. The number of hydrazone groups is 1. The normalized spacial score (nSPS) is 10.8. The number of rotatable bonds is 8. The van der Waals surface area contributed by atoms with Gasteiger partial charge in [-0.1, -0.05) is 30.3 Å². The van der Waals surface area contributed by atoms with Gasteiger partial charge in [0.2, 0.25) is 5.91 Å². The summed E-state index contributed by atoms with van der Waals surface area (Å²) >= 11 is 0. The summed E-state index contributed by atoms with van der Waals surface area (Å²) < 4.78 is 11.2. The Kier molecular flexibility index (Phi) is 6.25. The van der Waals surface area contributed by atoms with Crippen LogP contribution < -0.4 is 20.5 Å². The summed E-state index contributed by atoms with van der Waals surface area (Å²) in [6.07, 6.45) is 1.52. The van der Waals surface area contributed by atoms with Crippen molar-refractivity contribution in [3.8, 4) is 11.5 Å². The monoisotopic (exact) mass is 380 g/mol. The lowest BCUT2D eigenvalue weighted by Crippen LogP contribution is -2.20. The Hall–Kier alpha value is -3.81. The number of carbonyl (C=O) groups excluding carboxylic acids is 1. The van der Waals surface area contributed by atoms with Gasteiger partial charge in [0.1, 0.15) is 6.61 Å². The zero-order valence-electron chi connectivity index (χ0n) is 15.3. The Morgan fingerprint density at radius 1 is 1.11 bits per heavy atom. The number of aromatic nitrogens is 2. The molecule has 0 saturated carbocycles. The standard InChI is InChI=1S/C20H20N4O4/c1-27-18-9-15(7-8-17(18)28-13-14-5-3-2-4-6-14)12-21-23-19(25)10-16-11-20(26)24-22-16/h2-9,11-12H,10,13H2,1H3,(H,23,25)(H2,22,24,26). The molecule has 2 aromatic carbocycles. The van der Waals surface area contributed by atoms with Gasteiger partial charge in [0.05, 0.1) is 19.7 Å². The fourth-order valence-corrected chi connectivity index (χ4v) is 2.48. The number of hydrogen-bond acceptors (Lipinski definition) is 5. The summed E-state index contributed by atoms with van der Waals surface area (Å²) in [5.41, 5.74) is 4.40. The SMILES string of the molecule is COc1cc(C=NNC(=O)Cc2cc(=O)[nH][nH]2)ccc1OCc1ccccc1. The molecular weight excluding hydrogens is 360 g/mol. The Morgan fingerprint density at radius 3 is 2.64 bits per heavy atom. The summed E-state index contributed by atoms with van der Waals surface area (Å²) in [6, 6.07) is 16.5. The zero-order chi connectivity index (χ0) is 19.8. The van der Waals surface area contributed by atoms with Crippen molar-refractivity contribution in [1.82, 2.24) is 15.6 Å². The van der Waals surface area contributed by atoms with Crippen molar-refractivity contribution in [2.24, 2.45) is 5.10 Å². The topological polar surface area (TPSA) is 109 Å². The van der Waals surface area contributed by atoms with E-state index in [9.17, 15) is 9.59 Å². The third kappa shape index (κ3) is 5.34. The van der Waals surface area contributed by atoms with Crippen LogP contribution in [0.5, 0.6) is 11.5 Å². The lowest BCUT2D eigenvalue weighted by Gasteiger charge is -2.11. The van der Waals surface area contributed by atoms with Gasteiger partial charge in [0, 0.05) is 11.8 Å². The predicted octanol–water partition coefficient (Wildman–Crippen LogP) is 1.98. The highest BCUT2D eigenvalue weighted by Crippen LogP contribution is 2.28. The second kappa shape index (κ2) is 9.22. The number of amides is 1. The number of hydrogen-bond donors (Lipinski definition) is 3. The average molecular weight is 380 g/mol. The first-order valence-electron chi connectivity index (χ1n) is 8.57. The smallest absolute Gasteiger partial charge is 0.264 e. The number of methoxy groups -OCH3 is 1. The fourth-order valence-electron chi connectivity index (χ4n) is 2.48. The molecule has 8 heteroatoms. The maximum atomic E-state index is 11.8. The molecule has 0 aliphatic carbocycles. The Labute approximate surface area is 161 Å². The molecule has 0 atom stereocenters. The molecule has 144 valence electrons. The molecule has 1 heterocycles. The van der Waals surface area contributed by atoms with Crippen molar-refractivity contribution >= 4 is 12.1 Å². The highest BCUT2D eigenvalue weighted by atomic mass is 16.5. The molecule has 8 nitrogen and oxygen atoms in total. The van der Waals surface area contributed by atoms with E-state index in [-0.39, 0.29) is 17.9 Å². The van der Waals surface area contributed by atoms with Gasteiger partial charge in [-0.15, -0.1) is 0 Å². The van der Waals surface area contributed by atoms with Crippen molar-refractivity contribution in [2.45, 2.75) is 13.0 Å². The van der Waals surface area contributed by atoms with Gasteiger partial charge in [-0.25, -0.2) is 5.43 Å². The number of ether oxygens (including phenoxy) is 2. The molecule has 0 aliphatic rings. The van der Waals surface area contributed by atoms with E-state index < -0.39 is 0 Å². The third-order valence-electron chi connectivity index (χ3n) is 3.83. The van der Waals surface area contributed by atoms with Gasteiger partial charge in [0.25, 0.3) is 5.56 Å². The van der Waals surface area contributed by atoms with Gasteiger partial charge in [-0.2, -0.15) is 5.10 Å². The van der Waals surface area contributed by atoms with Crippen LogP contribution in [0.4, 0.5) is 0 Å².